The Morgan fingerprint density at radius 3 is 2.72 bits per heavy atom. The molecule has 0 spiro atoms. The van der Waals surface area contributed by atoms with Crippen molar-refractivity contribution in [2.75, 3.05) is 12.9 Å². The molecule has 7 heteroatoms. The van der Waals surface area contributed by atoms with Gasteiger partial charge in [-0.1, -0.05) is 30.0 Å². The van der Waals surface area contributed by atoms with Gasteiger partial charge in [-0.3, -0.25) is 0 Å². The Morgan fingerprint density at radius 2 is 2.00 bits per heavy atom. The van der Waals surface area contributed by atoms with E-state index in [-0.39, 0.29) is 12.4 Å². The van der Waals surface area contributed by atoms with Gasteiger partial charge >= 0.3 is 0 Å². The molecule has 5 nitrogen and oxygen atoms in total. The van der Waals surface area contributed by atoms with Crippen molar-refractivity contribution in [2.45, 2.75) is 13.5 Å². The van der Waals surface area contributed by atoms with Gasteiger partial charge in [0.15, 0.2) is 16.7 Å². The molecular formula is C18H20FN3O2S. The second-order valence-electron chi connectivity index (χ2n) is 4.91. The quantitative estimate of drug-likeness (QED) is 0.462. The van der Waals surface area contributed by atoms with Gasteiger partial charge in [0.1, 0.15) is 12.4 Å². The summed E-state index contributed by atoms with van der Waals surface area (Å²) in [5.41, 5.74) is 6.84. The van der Waals surface area contributed by atoms with Crippen molar-refractivity contribution in [3.05, 3.63) is 59.4 Å². The first-order valence-corrected chi connectivity index (χ1v) is 8.90. The maximum absolute atomic E-state index is 13.7. The van der Waals surface area contributed by atoms with Gasteiger partial charge in [0.05, 0.1) is 12.8 Å². The number of ether oxygens (including phenoxy) is 2. The number of hydrogen-bond donors (Lipinski definition) is 1. The SMILES string of the molecule is CCOc1cc(/C=N\N=C(/N)SC)ccc1OCc1ccccc1F. The molecule has 0 amide bonds. The third-order valence-corrected chi connectivity index (χ3v) is 3.68. The van der Waals surface area contributed by atoms with Crippen LogP contribution in [0.4, 0.5) is 4.39 Å². The van der Waals surface area contributed by atoms with Crippen LogP contribution >= 0.6 is 11.8 Å². The van der Waals surface area contributed by atoms with Crippen LogP contribution in [0.3, 0.4) is 0 Å². The van der Waals surface area contributed by atoms with Crippen molar-refractivity contribution in [3.8, 4) is 11.5 Å². The highest BCUT2D eigenvalue weighted by molar-refractivity contribution is 8.13. The molecule has 0 atom stereocenters. The monoisotopic (exact) mass is 361 g/mol. The molecule has 0 unspecified atom stereocenters. The second-order valence-corrected chi connectivity index (χ2v) is 5.73. The lowest BCUT2D eigenvalue weighted by Crippen LogP contribution is -2.04. The summed E-state index contributed by atoms with van der Waals surface area (Å²) in [6.45, 7) is 2.48. The molecule has 25 heavy (non-hydrogen) atoms. The molecule has 0 radical (unpaired) electrons. The number of benzene rings is 2. The van der Waals surface area contributed by atoms with E-state index in [2.05, 4.69) is 10.2 Å². The van der Waals surface area contributed by atoms with E-state index in [0.29, 0.717) is 28.8 Å². The zero-order valence-corrected chi connectivity index (χ0v) is 14.9. The zero-order chi connectivity index (χ0) is 18.1. The smallest absolute Gasteiger partial charge is 0.180 e. The Morgan fingerprint density at radius 1 is 1.20 bits per heavy atom. The average molecular weight is 361 g/mol. The lowest BCUT2D eigenvalue weighted by atomic mass is 10.2. The molecule has 0 saturated carbocycles. The van der Waals surface area contributed by atoms with Crippen molar-refractivity contribution < 1.29 is 13.9 Å². The van der Waals surface area contributed by atoms with E-state index >= 15 is 0 Å². The summed E-state index contributed by atoms with van der Waals surface area (Å²) in [4.78, 5) is 0. The number of halogens is 1. The standard InChI is InChI=1S/C18H20FN3O2S/c1-3-23-17-10-13(11-21-22-18(20)25-2)8-9-16(17)24-12-14-6-4-5-7-15(14)19/h4-11H,3,12H2,1-2H3,(H2,20,22)/b21-11-. The van der Waals surface area contributed by atoms with Crippen LogP contribution in [0, 0.1) is 5.82 Å². The summed E-state index contributed by atoms with van der Waals surface area (Å²) in [6.07, 6.45) is 3.40. The highest BCUT2D eigenvalue weighted by Crippen LogP contribution is 2.29. The Labute approximate surface area is 150 Å². The number of rotatable bonds is 7. The first-order chi connectivity index (χ1) is 12.1. The van der Waals surface area contributed by atoms with Gasteiger partial charge in [-0.15, -0.1) is 5.10 Å². The van der Waals surface area contributed by atoms with Crippen LogP contribution in [0.25, 0.3) is 0 Å². The van der Waals surface area contributed by atoms with Gasteiger partial charge in [-0.25, -0.2) is 4.39 Å². The van der Waals surface area contributed by atoms with Gasteiger partial charge in [-0.2, -0.15) is 5.10 Å². The molecule has 0 heterocycles. The minimum absolute atomic E-state index is 0.120. The van der Waals surface area contributed by atoms with Crippen molar-refractivity contribution in [1.29, 1.82) is 0 Å². The third-order valence-electron chi connectivity index (χ3n) is 3.18. The second kappa shape index (κ2) is 9.68. The number of thioether (sulfide) groups is 1. The van der Waals surface area contributed by atoms with Gasteiger partial charge in [-0.05, 0) is 43.0 Å². The summed E-state index contributed by atoms with van der Waals surface area (Å²) >= 11 is 1.32. The van der Waals surface area contributed by atoms with Crippen molar-refractivity contribution in [1.82, 2.24) is 0 Å². The first-order valence-electron chi connectivity index (χ1n) is 7.67. The number of amidine groups is 1. The molecule has 0 aliphatic rings. The summed E-state index contributed by atoms with van der Waals surface area (Å²) in [7, 11) is 0. The normalized spacial score (nSPS) is 11.7. The highest BCUT2D eigenvalue weighted by atomic mass is 32.2. The third kappa shape index (κ3) is 5.79. The molecule has 0 aromatic heterocycles. The molecule has 0 bridgehead atoms. The van der Waals surface area contributed by atoms with Crippen LogP contribution in [0.1, 0.15) is 18.1 Å². The lowest BCUT2D eigenvalue weighted by Gasteiger charge is -2.13. The Hall–Kier alpha value is -2.54. The molecule has 0 saturated heterocycles. The first kappa shape index (κ1) is 18.8. The molecule has 132 valence electrons. The Kier molecular flexibility index (Phi) is 7.28. The Balaban J connectivity index is 2.14. The number of nitrogens with zero attached hydrogens (tertiary/aromatic N) is 2. The van der Waals surface area contributed by atoms with Gasteiger partial charge in [0, 0.05) is 5.56 Å². The summed E-state index contributed by atoms with van der Waals surface area (Å²) in [5.74, 6) is 0.799. The molecule has 2 rings (SSSR count). The lowest BCUT2D eigenvalue weighted by molar-refractivity contribution is 0.266. The van der Waals surface area contributed by atoms with Crippen molar-refractivity contribution >= 4 is 23.1 Å². The fraction of sp³-hybridized carbons (Fsp3) is 0.222. The van der Waals surface area contributed by atoms with Crippen LogP contribution < -0.4 is 15.2 Å². The van der Waals surface area contributed by atoms with E-state index in [1.807, 2.05) is 19.2 Å². The molecule has 2 aromatic rings. The van der Waals surface area contributed by atoms with E-state index in [1.54, 1.807) is 36.5 Å². The predicted octanol–water partition coefficient (Wildman–Crippen LogP) is 3.82. The van der Waals surface area contributed by atoms with Crippen molar-refractivity contribution in [3.63, 3.8) is 0 Å². The molecule has 0 aliphatic heterocycles. The highest BCUT2D eigenvalue weighted by Gasteiger charge is 2.08. The van der Waals surface area contributed by atoms with Crippen LogP contribution in [-0.4, -0.2) is 24.2 Å². The topological polar surface area (TPSA) is 69.2 Å². The number of hydrogen-bond acceptors (Lipinski definition) is 5. The summed E-state index contributed by atoms with van der Waals surface area (Å²) < 4.78 is 25.0. The Bertz CT molecular complexity index is 766. The maximum atomic E-state index is 13.7. The summed E-state index contributed by atoms with van der Waals surface area (Å²) in [6, 6.07) is 11.9. The number of nitrogens with two attached hydrogens (primary N) is 1. The fourth-order valence-corrected chi connectivity index (χ4v) is 2.09. The average Bonchev–Trinajstić information content (AvgIpc) is 2.62. The van der Waals surface area contributed by atoms with E-state index < -0.39 is 0 Å². The molecule has 0 fully saturated rings. The van der Waals surface area contributed by atoms with Crippen LogP contribution in [0.15, 0.2) is 52.7 Å². The van der Waals surface area contributed by atoms with Crippen LogP contribution in [0.2, 0.25) is 0 Å². The van der Waals surface area contributed by atoms with E-state index in [0.717, 1.165) is 5.56 Å². The van der Waals surface area contributed by atoms with Crippen molar-refractivity contribution in [2.24, 2.45) is 15.9 Å². The predicted molar refractivity (Wildman–Crippen MR) is 101 cm³/mol. The largest absolute Gasteiger partial charge is 0.490 e. The van der Waals surface area contributed by atoms with Gasteiger partial charge in [0.25, 0.3) is 0 Å². The van der Waals surface area contributed by atoms with Crippen LogP contribution in [-0.2, 0) is 6.61 Å². The van der Waals surface area contributed by atoms with Gasteiger partial charge in [0.2, 0.25) is 0 Å². The fourth-order valence-electron chi connectivity index (χ4n) is 1.96. The summed E-state index contributed by atoms with van der Waals surface area (Å²) in [5, 5.41) is 8.14. The minimum Gasteiger partial charge on any atom is -0.490 e. The zero-order valence-electron chi connectivity index (χ0n) is 14.1. The minimum atomic E-state index is -0.298. The van der Waals surface area contributed by atoms with Crippen LogP contribution in [0.5, 0.6) is 11.5 Å². The molecule has 2 N–H and O–H groups in total. The van der Waals surface area contributed by atoms with E-state index in [1.165, 1.54) is 17.8 Å². The maximum Gasteiger partial charge on any atom is 0.180 e. The molecular weight excluding hydrogens is 341 g/mol. The van der Waals surface area contributed by atoms with Gasteiger partial charge < -0.3 is 15.2 Å². The molecule has 2 aromatic carbocycles. The molecule has 0 aliphatic carbocycles. The van der Waals surface area contributed by atoms with E-state index in [9.17, 15) is 4.39 Å². The van der Waals surface area contributed by atoms with E-state index in [4.69, 9.17) is 15.2 Å².